The number of rotatable bonds is 29. The highest BCUT2D eigenvalue weighted by molar-refractivity contribution is 7.16. The molecule has 1 aromatic heterocycles. The number of imide groups is 2. The van der Waals surface area contributed by atoms with Crippen LogP contribution < -0.4 is 25.0 Å². The number of hydrogen-bond acceptors (Lipinski definition) is 16. The largest absolute Gasteiger partial charge is 0.491 e. The lowest BCUT2D eigenvalue weighted by Gasteiger charge is -2.27. The van der Waals surface area contributed by atoms with Crippen LogP contribution in [0.1, 0.15) is 65.5 Å². The zero-order valence-corrected chi connectivity index (χ0v) is 42.9. The van der Waals surface area contributed by atoms with Gasteiger partial charge < -0.3 is 48.1 Å². The van der Waals surface area contributed by atoms with Crippen LogP contribution in [-0.2, 0) is 55.6 Å². The summed E-state index contributed by atoms with van der Waals surface area (Å²) in [4.78, 5) is 85.0. The number of anilines is 2. The molecule has 0 bridgehead atoms. The van der Waals surface area contributed by atoms with Gasteiger partial charge in [0.25, 0.3) is 17.7 Å². The predicted octanol–water partition coefficient (Wildman–Crippen LogP) is 5.77. The first-order chi connectivity index (χ1) is 36.5. The fourth-order valence-electron chi connectivity index (χ4n) is 8.76. The maximum atomic E-state index is 13.4. The highest BCUT2D eigenvalue weighted by Crippen LogP contribution is 2.37. The maximum absolute atomic E-state index is 13.4. The number of nitrogens with zero attached hydrogens (tertiary/aromatic N) is 3. The molecular formula is C55H61N5O14S. The third kappa shape index (κ3) is 14.5. The molecule has 19 nitrogen and oxygen atoms in total. The van der Waals surface area contributed by atoms with Crippen LogP contribution >= 0.6 is 11.3 Å². The number of ether oxygens (including phenoxy) is 8. The molecule has 4 heterocycles. The van der Waals surface area contributed by atoms with Gasteiger partial charge in [0.15, 0.2) is 5.13 Å². The Morgan fingerprint density at radius 2 is 1.33 bits per heavy atom. The molecule has 0 spiro atoms. The molecule has 8 rings (SSSR count). The summed E-state index contributed by atoms with van der Waals surface area (Å²) in [5.41, 5.74) is 6.49. The Labute approximate surface area is 438 Å². The van der Waals surface area contributed by atoms with Crippen molar-refractivity contribution in [2.45, 2.75) is 45.6 Å². The lowest BCUT2D eigenvalue weighted by atomic mass is 10.0. The van der Waals surface area contributed by atoms with Gasteiger partial charge >= 0.3 is 0 Å². The lowest BCUT2D eigenvalue weighted by Crippen LogP contribution is -2.54. The van der Waals surface area contributed by atoms with Crippen molar-refractivity contribution < 1.29 is 66.7 Å². The maximum Gasteiger partial charge on any atom is 0.266 e. The van der Waals surface area contributed by atoms with Gasteiger partial charge in [-0.1, -0.05) is 42.5 Å². The topological polar surface area (TPSA) is 220 Å². The molecule has 1 atom stereocenters. The van der Waals surface area contributed by atoms with Crippen LogP contribution in [0.5, 0.6) is 11.5 Å². The average Bonchev–Trinajstić information content (AvgIpc) is 4.12. The highest BCUT2D eigenvalue weighted by Gasteiger charge is 2.46. The number of thiazole rings is 1. The second-order valence-electron chi connectivity index (χ2n) is 17.7. The van der Waals surface area contributed by atoms with Crippen LogP contribution in [0.4, 0.5) is 10.8 Å². The van der Waals surface area contributed by atoms with Crippen LogP contribution in [-0.4, -0.2) is 150 Å². The minimum atomic E-state index is -1.05. The molecule has 0 saturated carbocycles. The van der Waals surface area contributed by atoms with E-state index in [0.29, 0.717) is 102 Å². The first-order valence-electron chi connectivity index (χ1n) is 25.0. The number of nitrogens with one attached hydrogen (secondary N) is 2. The summed E-state index contributed by atoms with van der Waals surface area (Å²) >= 11 is 1.43. The van der Waals surface area contributed by atoms with E-state index in [1.165, 1.54) is 17.4 Å². The van der Waals surface area contributed by atoms with Crippen LogP contribution in [0, 0.1) is 13.8 Å². The number of amides is 6. The summed E-state index contributed by atoms with van der Waals surface area (Å²) in [6, 6.07) is 24.8. The Morgan fingerprint density at radius 3 is 2.00 bits per heavy atom. The molecular weight excluding hydrogens is 987 g/mol. The van der Waals surface area contributed by atoms with Gasteiger partial charge in [0.05, 0.1) is 103 Å². The number of carbonyl (C=O) groups excluding carboxylic acids is 6. The second kappa shape index (κ2) is 27.0. The molecule has 5 aromatic rings. The van der Waals surface area contributed by atoms with E-state index >= 15 is 0 Å². The monoisotopic (exact) mass is 1050 g/mol. The van der Waals surface area contributed by atoms with Crippen LogP contribution in [0.25, 0.3) is 11.3 Å². The third-order valence-electron chi connectivity index (χ3n) is 12.4. The van der Waals surface area contributed by atoms with Gasteiger partial charge in [0.1, 0.15) is 30.8 Å². The summed E-state index contributed by atoms with van der Waals surface area (Å²) in [5.74, 6) is -1.65. The number of piperidine rings is 1. The number of benzene rings is 4. The Bertz CT molecular complexity index is 2840. The van der Waals surface area contributed by atoms with Crippen molar-refractivity contribution in [2.75, 3.05) is 109 Å². The fourth-order valence-corrected chi connectivity index (χ4v) is 9.62. The Balaban J connectivity index is 0.600. The first-order valence-corrected chi connectivity index (χ1v) is 25.8. The van der Waals surface area contributed by atoms with Gasteiger partial charge in [-0.3, -0.25) is 39.0 Å². The number of aromatic nitrogens is 1. The van der Waals surface area contributed by atoms with Crippen LogP contribution in [0.3, 0.4) is 0 Å². The summed E-state index contributed by atoms with van der Waals surface area (Å²) in [5, 5.41) is 5.67. The standard InChI is InChI=1S/C55H61N5O14S/c1-36-7-3-4-10-42(36)52(64)59-18-17-39-35-40(13-14-44(39)59)50-37(2)75-55(58-50)57-48(62)34-38-8-5-9-41(33-38)73-31-29-71-27-25-69-23-21-67-19-20-68-22-24-70-26-28-72-30-32-74-46-12-6-11-43-49(46)54(66)60(53(43)65)45-15-16-47(61)56-51(45)63/h3-14,33,35,45H,15-32,34H2,1-2H3,(H,56,61,63)(H,57,58,62). The van der Waals surface area contributed by atoms with Crippen molar-refractivity contribution in [1.29, 1.82) is 0 Å². The molecule has 4 aromatic carbocycles. The highest BCUT2D eigenvalue weighted by atomic mass is 32.1. The van der Waals surface area contributed by atoms with Crippen molar-refractivity contribution >= 4 is 57.6 Å². The molecule has 6 amide bonds. The molecule has 20 heteroatoms. The normalized spacial score (nSPS) is 15.0. The van der Waals surface area contributed by atoms with E-state index in [4.69, 9.17) is 42.9 Å². The number of carbonyl (C=O) groups is 6. The minimum Gasteiger partial charge on any atom is -0.491 e. The molecule has 75 heavy (non-hydrogen) atoms. The van der Waals surface area contributed by atoms with E-state index in [0.717, 1.165) is 49.8 Å². The Hall–Kier alpha value is -6.91. The smallest absolute Gasteiger partial charge is 0.266 e. The van der Waals surface area contributed by atoms with E-state index in [1.807, 2.05) is 79.4 Å². The molecule has 0 radical (unpaired) electrons. The zero-order chi connectivity index (χ0) is 52.5. The van der Waals surface area contributed by atoms with Gasteiger partial charge in [0, 0.05) is 34.7 Å². The molecule has 1 fully saturated rings. The predicted molar refractivity (Wildman–Crippen MR) is 277 cm³/mol. The Morgan fingerprint density at radius 1 is 0.693 bits per heavy atom. The summed E-state index contributed by atoms with van der Waals surface area (Å²) < 4.78 is 45.0. The van der Waals surface area contributed by atoms with Gasteiger partial charge in [-0.25, -0.2) is 4.98 Å². The number of hydrogen-bond donors (Lipinski definition) is 2. The third-order valence-corrected chi connectivity index (χ3v) is 13.3. The second-order valence-corrected chi connectivity index (χ2v) is 18.9. The van der Waals surface area contributed by atoms with Crippen LogP contribution in [0.15, 0.2) is 84.9 Å². The minimum absolute atomic E-state index is 0.00660. The van der Waals surface area contributed by atoms with E-state index in [1.54, 1.807) is 12.1 Å². The molecule has 3 aliphatic rings. The average molecular weight is 1050 g/mol. The Kier molecular flexibility index (Phi) is 19.6. The van der Waals surface area contributed by atoms with Gasteiger partial charge in [-0.05, 0) is 85.8 Å². The van der Waals surface area contributed by atoms with Gasteiger partial charge in [0.2, 0.25) is 17.7 Å². The molecule has 1 unspecified atom stereocenters. The van der Waals surface area contributed by atoms with Crippen molar-refractivity contribution in [2.24, 2.45) is 0 Å². The van der Waals surface area contributed by atoms with Crippen molar-refractivity contribution in [1.82, 2.24) is 15.2 Å². The van der Waals surface area contributed by atoms with Crippen molar-refractivity contribution in [3.8, 4) is 22.8 Å². The van der Waals surface area contributed by atoms with Gasteiger partial charge in [-0.2, -0.15) is 0 Å². The molecule has 1 saturated heterocycles. The molecule has 3 aliphatic heterocycles. The SMILES string of the molecule is Cc1ccccc1C(=O)N1CCc2cc(-c3nc(NC(=O)Cc4cccc(OCCOCCOCCOCCOCCOCCOCCOc5cccc6c5C(=O)N(C5CCC(=O)NC5=O)C6=O)c4)sc3C)ccc21. The molecule has 396 valence electrons. The summed E-state index contributed by atoms with van der Waals surface area (Å²) in [6.07, 6.45) is 1.03. The quantitative estimate of drug-likeness (QED) is 0.0429. The molecule has 2 N–H and O–H groups in total. The molecule has 0 aliphatic carbocycles. The number of fused-ring (bicyclic) bond motifs is 2. The van der Waals surface area contributed by atoms with Gasteiger partial charge in [-0.15, -0.1) is 11.3 Å². The van der Waals surface area contributed by atoms with Crippen molar-refractivity contribution in [3.63, 3.8) is 0 Å². The fraction of sp³-hybridized carbons (Fsp3) is 0.400. The van der Waals surface area contributed by atoms with E-state index < -0.39 is 29.7 Å². The zero-order valence-electron chi connectivity index (χ0n) is 42.1. The summed E-state index contributed by atoms with van der Waals surface area (Å²) in [7, 11) is 0. The lowest BCUT2D eigenvalue weighted by molar-refractivity contribution is -0.136. The summed E-state index contributed by atoms with van der Waals surface area (Å²) in [6.45, 7) is 9.51. The van der Waals surface area contributed by atoms with Crippen molar-refractivity contribution in [3.05, 3.63) is 123 Å². The van der Waals surface area contributed by atoms with E-state index in [2.05, 4.69) is 16.7 Å². The van der Waals surface area contributed by atoms with E-state index in [9.17, 15) is 28.8 Å². The van der Waals surface area contributed by atoms with E-state index in [-0.39, 0.29) is 61.2 Å². The number of aryl methyl sites for hydroxylation is 2. The first kappa shape index (κ1) is 54.4. The van der Waals surface area contributed by atoms with Crippen LogP contribution in [0.2, 0.25) is 0 Å².